The van der Waals surface area contributed by atoms with E-state index in [0.29, 0.717) is 16.3 Å². The minimum absolute atomic E-state index is 0.0335. The first kappa shape index (κ1) is 25.6. The highest BCUT2D eigenvalue weighted by molar-refractivity contribution is 7.89. The average molecular weight is 528 g/mol. The fourth-order valence-corrected chi connectivity index (χ4v) is 5.84. The summed E-state index contributed by atoms with van der Waals surface area (Å²) in [5, 5.41) is 9.79. The van der Waals surface area contributed by atoms with Gasteiger partial charge in [-0.3, -0.25) is 4.79 Å². The monoisotopic (exact) mass is 527 g/mol. The van der Waals surface area contributed by atoms with Crippen LogP contribution < -0.4 is 4.74 Å². The van der Waals surface area contributed by atoms with E-state index >= 15 is 0 Å². The minimum atomic E-state index is -4.04. The number of carbonyl (C=O) groups excluding carboxylic acids is 1. The van der Waals surface area contributed by atoms with Crippen molar-refractivity contribution in [1.29, 1.82) is 5.26 Å². The number of amides is 1. The second-order valence-corrected chi connectivity index (χ2v) is 10.8. The first-order chi connectivity index (χ1) is 17.2. The quantitative estimate of drug-likeness (QED) is 0.470. The van der Waals surface area contributed by atoms with Gasteiger partial charge in [0.1, 0.15) is 22.2 Å². The average Bonchev–Trinajstić information content (AvgIpc) is 2.83. The summed E-state index contributed by atoms with van der Waals surface area (Å²) in [5.41, 5.74) is 1.57. The van der Waals surface area contributed by atoms with Crippen LogP contribution in [0, 0.1) is 24.1 Å². The van der Waals surface area contributed by atoms with Crippen molar-refractivity contribution in [3.05, 3.63) is 88.2 Å². The number of hydrogen-bond donors (Lipinski definition) is 0. The summed E-state index contributed by atoms with van der Waals surface area (Å²) in [6.45, 7) is 2.36. The molecule has 0 aliphatic carbocycles. The van der Waals surface area contributed by atoms with Crippen molar-refractivity contribution in [3.8, 4) is 17.6 Å². The van der Waals surface area contributed by atoms with Crippen LogP contribution in [0.4, 0.5) is 4.39 Å². The summed E-state index contributed by atoms with van der Waals surface area (Å²) in [5.74, 6) is -0.180. The van der Waals surface area contributed by atoms with Crippen LogP contribution in [-0.4, -0.2) is 49.7 Å². The van der Waals surface area contributed by atoms with E-state index in [1.54, 1.807) is 35.2 Å². The Kier molecular flexibility index (Phi) is 7.59. The van der Waals surface area contributed by atoms with Crippen LogP contribution in [0.25, 0.3) is 0 Å². The van der Waals surface area contributed by atoms with Gasteiger partial charge >= 0.3 is 0 Å². The van der Waals surface area contributed by atoms with Crippen molar-refractivity contribution in [2.24, 2.45) is 0 Å². The van der Waals surface area contributed by atoms with Gasteiger partial charge < -0.3 is 9.64 Å². The van der Waals surface area contributed by atoms with Gasteiger partial charge in [0, 0.05) is 31.2 Å². The van der Waals surface area contributed by atoms with Crippen LogP contribution >= 0.6 is 11.6 Å². The van der Waals surface area contributed by atoms with Crippen LogP contribution in [0.15, 0.2) is 65.6 Å². The molecule has 7 nitrogen and oxygen atoms in total. The number of halogens is 2. The van der Waals surface area contributed by atoms with E-state index in [0.717, 1.165) is 5.56 Å². The molecule has 0 atom stereocenters. The van der Waals surface area contributed by atoms with Crippen molar-refractivity contribution in [3.63, 3.8) is 0 Å². The van der Waals surface area contributed by atoms with Crippen molar-refractivity contribution < 1.29 is 22.3 Å². The third kappa shape index (κ3) is 5.85. The highest BCUT2D eigenvalue weighted by atomic mass is 35.5. The van der Waals surface area contributed by atoms with Gasteiger partial charge in [-0.15, -0.1) is 0 Å². The maximum Gasteiger partial charge on any atom is 0.246 e. The Balaban J connectivity index is 1.52. The number of piperazine rings is 1. The predicted molar refractivity (Wildman–Crippen MR) is 133 cm³/mol. The van der Waals surface area contributed by atoms with Gasteiger partial charge in [0.25, 0.3) is 0 Å². The van der Waals surface area contributed by atoms with Gasteiger partial charge in [-0.1, -0.05) is 23.7 Å². The van der Waals surface area contributed by atoms with E-state index in [1.807, 2.05) is 13.0 Å². The molecule has 1 amide bonds. The second-order valence-electron chi connectivity index (χ2n) is 8.43. The van der Waals surface area contributed by atoms with Gasteiger partial charge in [-0.05, 0) is 66.6 Å². The lowest BCUT2D eigenvalue weighted by molar-refractivity contribution is -0.131. The summed E-state index contributed by atoms with van der Waals surface area (Å²) in [6, 6.07) is 17.1. The molecule has 0 saturated carbocycles. The van der Waals surface area contributed by atoms with E-state index < -0.39 is 15.8 Å². The Hall–Kier alpha value is -3.45. The maximum atomic E-state index is 13.6. The standard InChI is InChI=1S/C26H23ClFN3O4S/c1-18-11-21(27)16-23(12-18)35-24-6-5-20(17-29)14-25(24)36(33,34)31-9-7-30(8-10-31)26(32)15-19-3-2-4-22(28)13-19/h2-6,11-14,16H,7-10,15H2,1H3. The molecule has 0 bridgehead atoms. The molecule has 1 aliphatic rings. The molecule has 36 heavy (non-hydrogen) atoms. The number of nitrogens with zero attached hydrogens (tertiary/aromatic N) is 3. The Bertz CT molecular complexity index is 1430. The molecule has 0 unspecified atom stereocenters. The van der Waals surface area contributed by atoms with Gasteiger partial charge in [0.05, 0.1) is 18.1 Å². The SMILES string of the molecule is Cc1cc(Cl)cc(Oc2ccc(C#N)cc2S(=O)(=O)N2CCN(C(=O)Cc3cccc(F)c3)CC2)c1. The molecule has 1 aliphatic heterocycles. The highest BCUT2D eigenvalue weighted by Crippen LogP contribution is 2.33. The molecule has 1 saturated heterocycles. The number of aryl methyl sites for hydroxylation is 1. The molecule has 3 aromatic rings. The lowest BCUT2D eigenvalue weighted by Crippen LogP contribution is -2.50. The summed E-state index contributed by atoms with van der Waals surface area (Å²) in [7, 11) is -4.04. The molecule has 1 fully saturated rings. The fourth-order valence-electron chi connectivity index (χ4n) is 4.00. The summed E-state index contributed by atoms with van der Waals surface area (Å²) < 4.78 is 47.7. The summed E-state index contributed by atoms with van der Waals surface area (Å²) >= 11 is 6.11. The summed E-state index contributed by atoms with van der Waals surface area (Å²) in [4.78, 5) is 14.1. The third-order valence-electron chi connectivity index (χ3n) is 5.77. The number of hydrogen-bond acceptors (Lipinski definition) is 5. The van der Waals surface area contributed by atoms with E-state index in [2.05, 4.69) is 0 Å². The maximum absolute atomic E-state index is 13.6. The van der Waals surface area contributed by atoms with E-state index in [-0.39, 0.29) is 54.7 Å². The highest BCUT2D eigenvalue weighted by Gasteiger charge is 2.32. The second kappa shape index (κ2) is 10.7. The van der Waals surface area contributed by atoms with Gasteiger partial charge in [0.15, 0.2) is 0 Å². The largest absolute Gasteiger partial charge is 0.456 e. The zero-order valence-electron chi connectivity index (χ0n) is 19.4. The number of benzene rings is 3. The Morgan fingerprint density at radius 1 is 1.08 bits per heavy atom. The van der Waals surface area contributed by atoms with E-state index in [9.17, 15) is 22.9 Å². The fraction of sp³-hybridized carbons (Fsp3) is 0.231. The van der Waals surface area contributed by atoms with Crippen LogP contribution in [-0.2, 0) is 21.2 Å². The molecular weight excluding hydrogens is 505 g/mol. The van der Waals surface area contributed by atoms with Crippen LogP contribution in [0.1, 0.15) is 16.7 Å². The minimum Gasteiger partial charge on any atom is -0.456 e. The Labute approximate surface area is 214 Å². The van der Waals surface area contributed by atoms with Crippen molar-refractivity contribution in [2.75, 3.05) is 26.2 Å². The first-order valence-electron chi connectivity index (χ1n) is 11.2. The molecular formula is C26H23ClFN3O4S. The van der Waals surface area contributed by atoms with Crippen LogP contribution in [0.3, 0.4) is 0 Å². The van der Waals surface area contributed by atoms with Gasteiger partial charge in [-0.25, -0.2) is 12.8 Å². The third-order valence-corrected chi connectivity index (χ3v) is 7.91. The first-order valence-corrected chi connectivity index (χ1v) is 13.0. The molecule has 186 valence electrons. The van der Waals surface area contributed by atoms with Crippen molar-refractivity contribution in [1.82, 2.24) is 9.21 Å². The van der Waals surface area contributed by atoms with Crippen molar-refractivity contribution in [2.45, 2.75) is 18.2 Å². The molecule has 0 radical (unpaired) electrons. The smallest absolute Gasteiger partial charge is 0.246 e. The predicted octanol–water partition coefficient (Wildman–Crippen LogP) is 4.53. The van der Waals surface area contributed by atoms with E-state index in [4.69, 9.17) is 16.3 Å². The normalized spacial score (nSPS) is 14.3. The number of nitriles is 1. The van der Waals surface area contributed by atoms with Gasteiger partial charge in [0.2, 0.25) is 15.9 Å². The lowest BCUT2D eigenvalue weighted by Gasteiger charge is -2.34. The van der Waals surface area contributed by atoms with Gasteiger partial charge in [-0.2, -0.15) is 9.57 Å². The zero-order valence-corrected chi connectivity index (χ0v) is 21.0. The number of carbonyl (C=O) groups is 1. The number of ether oxygens (including phenoxy) is 1. The lowest BCUT2D eigenvalue weighted by atomic mass is 10.1. The molecule has 0 aromatic heterocycles. The molecule has 0 spiro atoms. The van der Waals surface area contributed by atoms with Crippen molar-refractivity contribution >= 4 is 27.5 Å². The zero-order chi connectivity index (χ0) is 25.9. The molecule has 10 heteroatoms. The molecule has 4 rings (SSSR count). The number of sulfonamides is 1. The van der Waals surface area contributed by atoms with E-state index in [1.165, 1.54) is 34.6 Å². The molecule has 3 aromatic carbocycles. The molecule has 1 heterocycles. The Morgan fingerprint density at radius 3 is 2.50 bits per heavy atom. The topological polar surface area (TPSA) is 90.7 Å². The molecule has 0 N–H and O–H groups in total. The van der Waals surface area contributed by atoms with Crippen LogP contribution in [0.2, 0.25) is 5.02 Å². The summed E-state index contributed by atoms with van der Waals surface area (Å²) in [6.07, 6.45) is 0.0335. The Morgan fingerprint density at radius 2 is 1.83 bits per heavy atom. The number of rotatable bonds is 6. The van der Waals surface area contributed by atoms with Crippen LogP contribution in [0.5, 0.6) is 11.5 Å².